The van der Waals surface area contributed by atoms with Gasteiger partial charge in [-0.2, -0.15) is 0 Å². The Balaban J connectivity index is 2.00. The fraction of sp³-hybridized carbons (Fsp3) is 0.133. The van der Waals surface area contributed by atoms with Crippen LogP contribution in [0.1, 0.15) is 6.92 Å². The summed E-state index contributed by atoms with van der Waals surface area (Å²) in [6.45, 7) is 1.40. The molecule has 0 aliphatic heterocycles. The van der Waals surface area contributed by atoms with Crippen LogP contribution in [-0.2, 0) is 14.8 Å². The SMILES string of the molecule is C[C@@H](Oc1ccc(F)cc1)C(=O)NNS(=O)(=O)c1cccc(Cl)c1Cl. The number of halogens is 3. The van der Waals surface area contributed by atoms with Crippen molar-refractivity contribution >= 4 is 39.1 Å². The third-order valence-electron chi connectivity index (χ3n) is 3.01. The molecule has 6 nitrogen and oxygen atoms in total. The highest BCUT2D eigenvalue weighted by atomic mass is 35.5. The number of carbonyl (C=O) groups excluding carboxylic acids is 1. The van der Waals surface area contributed by atoms with E-state index in [4.69, 9.17) is 27.9 Å². The predicted molar refractivity (Wildman–Crippen MR) is 91.4 cm³/mol. The van der Waals surface area contributed by atoms with Crippen molar-refractivity contribution in [3.05, 3.63) is 58.3 Å². The van der Waals surface area contributed by atoms with Gasteiger partial charge in [-0.05, 0) is 43.3 Å². The molecule has 2 aromatic carbocycles. The van der Waals surface area contributed by atoms with Gasteiger partial charge in [0, 0.05) is 0 Å². The van der Waals surface area contributed by atoms with Gasteiger partial charge in [0.05, 0.1) is 10.0 Å². The van der Waals surface area contributed by atoms with E-state index in [1.165, 1.54) is 49.4 Å². The highest BCUT2D eigenvalue weighted by Crippen LogP contribution is 2.28. The molecule has 0 radical (unpaired) electrons. The zero-order valence-electron chi connectivity index (χ0n) is 12.8. The zero-order valence-corrected chi connectivity index (χ0v) is 15.1. The minimum absolute atomic E-state index is 0.0591. The standard InChI is InChI=1S/C15H13Cl2FN2O4S/c1-9(24-11-7-5-10(18)6-8-11)15(21)19-20-25(22,23)13-4-2-3-12(16)14(13)17/h2-9,20H,1H3,(H,19,21)/t9-/m1/s1. The van der Waals surface area contributed by atoms with Gasteiger partial charge in [0.15, 0.2) is 6.10 Å². The normalized spacial score (nSPS) is 12.5. The average molecular weight is 407 g/mol. The number of hydrazine groups is 1. The van der Waals surface area contributed by atoms with Gasteiger partial charge in [-0.3, -0.25) is 10.2 Å². The lowest BCUT2D eigenvalue weighted by Crippen LogP contribution is -2.47. The summed E-state index contributed by atoms with van der Waals surface area (Å²) >= 11 is 11.6. The van der Waals surface area contributed by atoms with Crippen LogP contribution in [0.25, 0.3) is 0 Å². The second-order valence-electron chi connectivity index (χ2n) is 4.86. The van der Waals surface area contributed by atoms with Gasteiger partial charge in [0.25, 0.3) is 15.9 Å². The van der Waals surface area contributed by atoms with Crippen molar-refractivity contribution in [1.29, 1.82) is 0 Å². The first-order chi connectivity index (χ1) is 11.7. The van der Waals surface area contributed by atoms with Crippen LogP contribution in [0, 0.1) is 5.82 Å². The monoisotopic (exact) mass is 406 g/mol. The van der Waals surface area contributed by atoms with E-state index in [1.807, 2.05) is 10.3 Å². The molecule has 2 rings (SSSR count). The first-order valence-corrected chi connectivity index (χ1v) is 9.12. The Morgan fingerprint density at radius 2 is 1.80 bits per heavy atom. The van der Waals surface area contributed by atoms with Crippen molar-refractivity contribution < 1.29 is 22.3 Å². The molecule has 0 saturated heterocycles. The number of sulfonamides is 1. The molecule has 0 unspecified atom stereocenters. The third kappa shape index (κ3) is 5.05. The average Bonchev–Trinajstić information content (AvgIpc) is 2.57. The van der Waals surface area contributed by atoms with Crippen molar-refractivity contribution in [3.63, 3.8) is 0 Å². The molecule has 134 valence electrons. The minimum Gasteiger partial charge on any atom is -0.481 e. The van der Waals surface area contributed by atoms with E-state index < -0.39 is 27.9 Å². The van der Waals surface area contributed by atoms with E-state index in [9.17, 15) is 17.6 Å². The summed E-state index contributed by atoms with van der Waals surface area (Å²) in [5, 5.41) is -0.106. The number of amides is 1. The van der Waals surface area contributed by atoms with Gasteiger partial charge in [0.1, 0.15) is 16.5 Å². The Morgan fingerprint density at radius 1 is 1.16 bits per heavy atom. The van der Waals surface area contributed by atoms with Crippen molar-refractivity contribution in [2.24, 2.45) is 0 Å². The number of hydrogen-bond donors (Lipinski definition) is 2. The highest BCUT2D eigenvalue weighted by molar-refractivity contribution is 7.89. The van der Waals surface area contributed by atoms with Crippen molar-refractivity contribution in [2.45, 2.75) is 17.9 Å². The summed E-state index contributed by atoms with van der Waals surface area (Å²) in [5.41, 5.74) is 2.02. The van der Waals surface area contributed by atoms with Crippen molar-refractivity contribution in [1.82, 2.24) is 10.3 Å². The van der Waals surface area contributed by atoms with Crippen LogP contribution < -0.4 is 15.0 Å². The molecule has 0 fully saturated rings. The molecule has 0 aromatic heterocycles. The lowest BCUT2D eigenvalue weighted by molar-refractivity contribution is -0.127. The summed E-state index contributed by atoms with van der Waals surface area (Å²) in [4.78, 5) is 13.6. The minimum atomic E-state index is -4.12. The predicted octanol–water partition coefficient (Wildman–Crippen LogP) is 2.91. The van der Waals surface area contributed by atoms with Crippen LogP contribution in [0.5, 0.6) is 5.75 Å². The molecule has 0 aliphatic rings. The van der Waals surface area contributed by atoms with Gasteiger partial charge in [-0.25, -0.2) is 12.8 Å². The third-order valence-corrected chi connectivity index (χ3v) is 5.23. The number of ether oxygens (including phenoxy) is 1. The summed E-state index contributed by atoms with van der Waals surface area (Å²) in [5.74, 6) is -0.952. The number of rotatable bonds is 6. The van der Waals surface area contributed by atoms with Crippen LogP contribution >= 0.6 is 23.2 Å². The lowest BCUT2D eigenvalue weighted by Gasteiger charge is -2.15. The molecule has 0 heterocycles. The fourth-order valence-electron chi connectivity index (χ4n) is 1.74. The smallest absolute Gasteiger partial charge is 0.275 e. The Bertz CT molecular complexity index is 876. The Hall–Kier alpha value is -1.87. The molecule has 0 spiro atoms. The van der Waals surface area contributed by atoms with E-state index in [0.29, 0.717) is 0 Å². The van der Waals surface area contributed by atoms with Gasteiger partial charge in [0.2, 0.25) is 0 Å². The van der Waals surface area contributed by atoms with Gasteiger partial charge >= 0.3 is 0 Å². The van der Waals surface area contributed by atoms with E-state index in [0.717, 1.165) is 0 Å². The molecule has 0 saturated carbocycles. The first kappa shape index (κ1) is 19.5. The van der Waals surface area contributed by atoms with Crippen LogP contribution in [0.2, 0.25) is 10.0 Å². The van der Waals surface area contributed by atoms with Crippen molar-refractivity contribution in [2.75, 3.05) is 0 Å². The summed E-state index contributed by atoms with van der Waals surface area (Å²) in [6.07, 6.45) is -1.04. The Kier molecular flexibility index (Phi) is 6.23. The second kappa shape index (κ2) is 8.01. The van der Waals surface area contributed by atoms with E-state index >= 15 is 0 Å². The van der Waals surface area contributed by atoms with Crippen LogP contribution in [-0.4, -0.2) is 20.4 Å². The molecule has 2 aromatic rings. The zero-order chi connectivity index (χ0) is 18.6. The number of hydrogen-bond acceptors (Lipinski definition) is 4. The number of carbonyl (C=O) groups is 1. The quantitative estimate of drug-likeness (QED) is 0.722. The van der Waals surface area contributed by atoms with Crippen LogP contribution in [0.3, 0.4) is 0 Å². The highest BCUT2D eigenvalue weighted by Gasteiger charge is 2.22. The maximum Gasteiger partial charge on any atom is 0.275 e. The molecule has 1 amide bonds. The number of nitrogens with one attached hydrogen (secondary N) is 2. The summed E-state index contributed by atoms with van der Waals surface area (Å²) in [7, 11) is -4.12. The van der Waals surface area contributed by atoms with E-state index in [-0.39, 0.29) is 20.7 Å². The fourth-order valence-corrected chi connectivity index (χ4v) is 3.35. The molecular weight excluding hydrogens is 394 g/mol. The summed E-state index contributed by atoms with van der Waals surface area (Å²) < 4.78 is 42.5. The maximum atomic E-state index is 12.8. The second-order valence-corrected chi connectivity index (χ2v) is 7.30. The molecule has 0 bridgehead atoms. The summed E-state index contributed by atoms with van der Waals surface area (Å²) in [6, 6.07) is 9.10. The largest absolute Gasteiger partial charge is 0.481 e. The van der Waals surface area contributed by atoms with E-state index in [2.05, 4.69) is 0 Å². The van der Waals surface area contributed by atoms with Crippen LogP contribution in [0.4, 0.5) is 4.39 Å². The maximum absolute atomic E-state index is 12.8. The van der Waals surface area contributed by atoms with Gasteiger partial charge in [-0.1, -0.05) is 29.3 Å². The molecule has 0 aliphatic carbocycles. The molecule has 10 heteroatoms. The lowest BCUT2D eigenvalue weighted by atomic mass is 10.3. The van der Waals surface area contributed by atoms with Crippen LogP contribution in [0.15, 0.2) is 47.4 Å². The van der Waals surface area contributed by atoms with E-state index in [1.54, 1.807) is 0 Å². The Labute approximate surface area is 153 Å². The molecule has 1 atom stereocenters. The molecule has 25 heavy (non-hydrogen) atoms. The number of benzene rings is 2. The first-order valence-electron chi connectivity index (χ1n) is 6.88. The topological polar surface area (TPSA) is 84.5 Å². The molecule has 2 N–H and O–H groups in total. The van der Waals surface area contributed by atoms with Crippen molar-refractivity contribution in [3.8, 4) is 5.75 Å². The molecular formula is C15H13Cl2FN2O4S. The Morgan fingerprint density at radius 3 is 2.44 bits per heavy atom. The van der Waals surface area contributed by atoms with Gasteiger partial charge < -0.3 is 4.74 Å². The van der Waals surface area contributed by atoms with Gasteiger partial charge in [-0.15, -0.1) is 4.83 Å².